The first-order chi connectivity index (χ1) is 11.0. The van der Waals surface area contributed by atoms with E-state index in [1.165, 1.54) is 6.21 Å². The van der Waals surface area contributed by atoms with Crippen molar-refractivity contribution in [3.8, 4) is 11.5 Å². The summed E-state index contributed by atoms with van der Waals surface area (Å²) >= 11 is 5.92. The number of hydrogen-bond acceptors (Lipinski definition) is 4. The molecule has 0 bridgehead atoms. The van der Waals surface area contributed by atoms with Crippen LogP contribution in [0.5, 0.6) is 11.5 Å². The normalized spacial score (nSPS) is 10.7. The molecule has 0 atom stereocenters. The number of hydrazone groups is 1. The van der Waals surface area contributed by atoms with E-state index >= 15 is 0 Å². The third-order valence-corrected chi connectivity index (χ3v) is 3.50. The summed E-state index contributed by atoms with van der Waals surface area (Å²) in [7, 11) is 0. The molecule has 0 aliphatic rings. The number of phenols is 1. The van der Waals surface area contributed by atoms with Crippen LogP contribution in [0.4, 0.5) is 0 Å². The van der Waals surface area contributed by atoms with Crippen LogP contribution in [0.2, 0.25) is 5.02 Å². The average molecular weight is 333 g/mol. The van der Waals surface area contributed by atoms with Crippen LogP contribution in [0.1, 0.15) is 16.7 Å². The van der Waals surface area contributed by atoms with Crippen molar-refractivity contribution < 1.29 is 14.6 Å². The first-order valence-corrected chi connectivity index (χ1v) is 7.34. The second-order valence-electron chi connectivity index (χ2n) is 5.06. The van der Waals surface area contributed by atoms with Crippen LogP contribution in [-0.2, 0) is 4.79 Å². The van der Waals surface area contributed by atoms with Crippen LogP contribution in [0.3, 0.4) is 0 Å². The number of phenolic OH excluding ortho intramolecular Hbond substituents is 1. The van der Waals surface area contributed by atoms with Gasteiger partial charge in [0, 0.05) is 10.6 Å². The fourth-order valence-corrected chi connectivity index (χ4v) is 1.94. The summed E-state index contributed by atoms with van der Waals surface area (Å²) < 4.78 is 5.35. The molecule has 120 valence electrons. The Morgan fingerprint density at radius 1 is 1.30 bits per heavy atom. The predicted molar refractivity (Wildman–Crippen MR) is 90.3 cm³/mol. The van der Waals surface area contributed by atoms with Crippen LogP contribution in [0, 0.1) is 13.8 Å². The van der Waals surface area contributed by atoms with E-state index in [2.05, 4.69) is 10.5 Å². The molecule has 0 heterocycles. The van der Waals surface area contributed by atoms with Crippen molar-refractivity contribution in [1.82, 2.24) is 5.43 Å². The Labute approximate surface area is 139 Å². The van der Waals surface area contributed by atoms with Crippen LogP contribution in [0.15, 0.2) is 41.5 Å². The standard InChI is InChI=1S/C17H17ClN2O3/c1-11-3-4-13(16(21)7-11)9-19-20-17(22)10-23-14-5-6-15(18)12(2)8-14/h3-9,21H,10H2,1-2H3,(H,20,22). The maximum Gasteiger partial charge on any atom is 0.277 e. The molecule has 0 radical (unpaired) electrons. The second-order valence-corrected chi connectivity index (χ2v) is 5.46. The Bertz CT molecular complexity index is 745. The number of carbonyl (C=O) groups excluding carboxylic acids is 1. The molecule has 2 rings (SSSR count). The quantitative estimate of drug-likeness (QED) is 0.652. The zero-order valence-electron chi connectivity index (χ0n) is 12.8. The molecule has 23 heavy (non-hydrogen) atoms. The number of benzene rings is 2. The molecule has 6 heteroatoms. The molecule has 0 aliphatic carbocycles. The molecule has 2 aromatic rings. The van der Waals surface area contributed by atoms with Crippen molar-refractivity contribution >= 4 is 23.7 Å². The highest BCUT2D eigenvalue weighted by molar-refractivity contribution is 6.31. The number of aromatic hydroxyl groups is 1. The molecule has 0 saturated carbocycles. The van der Waals surface area contributed by atoms with E-state index in [-0.39, 0.29) is 12.4 Å². The topological polar surface area (TPSA) is 70.9 Å². The van der Waals surface area contributed by atoms with Gasteiger partial charge in [0.15, 0.2) is 6.61 Å². The number of aryl methyl sites for hydroxylation is 2. The number of ether oxygens (including phenoxy) is 1. The van der Waals surface area contributed by atoms with Crippen molar-refractivity contribution in [1.29, 1.82) is 0 Å². The molecular formula is C17H17ClN2O3. The van der Waals surface area contributed by atoms with Crippen molar-refractivity contribution in [2.45, 2.75) is 13.8 Å². The number of rotatable bonds is 5. The van der Waals surface area contributed by atoms with E-state index in [9.17, 15) is 9.90 Å². The van der Waals surface area contributed by atoms with Gasteiger partial charge in [-0.15, -0.1) is 0 Å². The largest absolute Gasteiger partial charge is 0.507 e. The minimum Gasteiger partial charge on any atom is -0.507 e. The summed E-state index contributed by atoms with van der Waals surface area (Å²) in [5.41, 5.74) is 4.67. The number of carbonyl (C=O) groups is 1. The van der Waals surface area contributed by atoms with Crippen molar-refractivity contribution in [3.05, 3.63) is 58.1 Å². The van der Waals surface area contributed by atoms with E-state index in [0.29, 0.717) is 16.3 Å². The fourth-order valence-electron chi connectivity index (χ4n) is 1.82. The van der Waals surface area contributed by atoms with Gasteiger partial charge in [-0.05, 0) is 55.3 Å². The molecule has 1 amide bonds. The van der Waals surface area contributed by atoms with E-state index in [1.54, 1.807) is 30.3 Å². The van der Waals surface area contributed by atoms with Gasteiger partial charge in [0.05, 0.1) is 6.21 Å². The predicted octanol–water partition coefficient (Wildman–Crippen LogP) is 3.19. The molecule has 0 saturated heterocycles. The molecule has 0 aliphatic heterocycles. The molecular weight excluding hydrogens is 316 g/mol. The minimum absolute atomic E-state index is 0.107. The summed E-state index contributed by atoms with van der Waals surface area (Å²) in [6.45, 7) is 3.56. The number of nitrogens with one attached hydrogen (secondary N) is 1. The van der Waals surface area contributed by atoms with Gasteiger partial charge < -0.3 is 9.84 Å². The van der Waals surface area contributed by atoms with Gasteiger partial charge in [-0.2, -0.15) is 5.10 Å². The summed E-state index contributed by atoms with van der Waals surface area (Å²) in [5, 5.41) is 14.2. The number of hydrogen-bond donors (Lipinski definition) is 2. The Balaban J connectivity index is 1.85. The monoisotopic (exact) mass is 332 g/mol. The zero-order chi connectivity index (χ0) is 16.8. The maximum absolute atomic E-state index is 11.7. The minimum atomic E-state index is -0.402. The van der Waals surface area contributed by atoms with E-state index in [0.717, 1.165) is 11.1 Å². The summed E-state index contributed by atoms with van der Waals surface area (Å²) in [6.07, 6.45) is 1.37. The number of amides is 1. The number of halogens is 1. The highest BCUT2D eigenvalue weighted by Gasteiger charge is 2.03. The summed E-state index contributed by atoms with van der Waals surface area (Å²) in [4.78, 5) is 11.7. The van der Waals surface area contributed by atoms with Gasteiger partial charge in [0.1, 0.15) is 11.5 Å². The Hall–Kier alpha value is -2.53. The van der Waals surface area contributed by atoms with Gasteiger partial charge in [0.2, 0.25) is 0 Å². The molecule has 2 N–H and O–H groups in total. The lowest BCUT2D eigenvalue weighted by Crippen LogP contribution is -2.24. The van der Waals surface area contributed by atoms with E-state index < -0.39 is 5.91 Å². The Kier molecular flexibility index (Phi) is 5.60. The third kappa shape index (κ3) is 5.00. The Morgan fingerprint density at radius 2 is 2.09 bits per heavy atom. The molecule has 2 aromatic carbocycles. The van der Waals surface area contributed by atoms with Crippen LogP contribution >= 0.6 is 11.6 Å². The van der Waals surface area contributed by atoms with Crippen LogP contribution in [0.25, 0.3) is 0 Å². The number of nitrogens with zero attached hydrogens (tertiary/aromatic N) is 1. The van der Waals surface area contributed by atoms with E-state index in [4.69, 9.17) is 16.3 Å². The summed E-state index contributed by atoms with van der Waals surface area (Å²) in [5.74, 6) is 0.263. The van der Waals surface area contributed by atoms with Crippen LogP contribution < -0.4 is 10.2 Å². The maximum atomic E-state index is 11.7. The SMILES string of the molecule is Cc1ccc(C=NNC(=O)COc2ccc(Cl)c(C)c2)c(O)c1. The van der Waals surface area contributed by atoms with Gasteiger partial charge in [-0.1, -0.05) is 17.7 Å². The smallest absolute Gasteiger partial charge is 0.277 e. The Morgan fingerprint density at radius 3 is 2.78 bits per heavy atom. The van der Waals surface area contributed by atoms with Crippen LogP contribution in [-0.4, -0.2) is 23.8 Å². The van der Waals surface area contributed by atoms with Gasteiger partial charge in [0.25, 0.3) is 5.91 Å². The van der Waals surface area contributed by atoms with Crippen molar-refractivity contribution in [2.75, 3.05) is 6.61 Å². The van der Waals surface area contributed by atoms with E-state index in [1.807, 2.05) is 19.9 Å². The molecule has 5 nitrogen and oxygen atoms in total. The summed E-state index contributed by atoms with van der Waals surface area (Å²) in [6, 6.07) is 10.3. The average Bonchev–Trinajstić information content (AvgIpc) is 2.50. The highest BCUT2D eigenvalue weighted by Crippen LogP contribution is 2.20. The lowest BCUT2D eigenvalue weighted by atomic mass is 10.1. The third-order valence-electron chi connectivity index (χ3n) is 3.08. The van der Waals surface area contributed by atoms with Gasteiger partial charge in [-0.25, -0.2) is 5.43 Å². The molecule has 0 unspecified atom stereocenters. The van der Waals surface area contributed by atoms with Gasteiger partial charge >= 0.3 is 0 Å². The zero-order valence-corrected chi connectivity index (χ0v) is 13.6. The fraction of sp³-hybridized carbons (Fsp3) is 0.176. The van der Waals surface area contributed by atoms with Gasteiger partial charge in [-0.3, -0.25) is 4.79 Å². The molecule has 0 aromatic heterocycles. The van der Waals surface area contributed by atoms with Crippen molar-refractivity contribution in [2.24, 2.45) is 5.10 Å². The first-order valence-electron chi connectivity index (χ1n) is 6.96. The second kappa shape index (κ2) is 7.65. The van der Waals surface area contributed by atoms with Crippen molar-refractivity contribution in [3.63, 3.8) is 0 Å². The molecule has 0 fully saturated rings. The molecule has 0 spiro atoms. The lowest BCUT2D eigenvalue weighted by molar-refractivity contribution is -0.123. The first kappa shape index (κ1) is 16.8. The highest BCUT2D eigenvalue weighted by atomic mass is 35.5. The lowest BCUT2D eigenvalue weighted by Gasteiger charge is -2.06.